The van der Waals surface area contributed by atoms with Crippen molar-refractivity contribution in [1.82, 2.24) is 0 Å². The predicted molar refractivity (Wildman–Crippen MR) is 51.7 cm³/mol. The summed E-state index contributed by atoms with van der Waals surface area (Å²) in [6.07, 6.45) is 0. The molecule has 82 valence electrons. The molecule has 0 spiro atoms. The molecule has 0 aliphatic rings. The van der Waals surface area contributed by atoms with E-state index in [1.165, 1.54) is 19.1 Å². The normalized spacial score (nSPS) is 13.4. The minimum absolute atomic E-state index is 0. The van der Waals surface area contributed by atoms with Gasteiger partial charge in [-0.25, -0.2) is 4.79 Å². The summed E-state index contributed by atoms with van der Waals surface area (Å²) in [5, 5.41) is 0. The maximum atomic E-state index is 11.1. The van der Waals surface area contributed by atoms with E-state index in [9.17, 15) is 14.3 Å². The van der Waals surface area contributed by atoms with E-state index in [4.69, 9.17) is 0 Å². The number of carbonyl (C=O) groups excluding carboxylic acids is 1. The third kappa shape index (κ3) is 4.52. The van der Waals surface area contributed by atoms with Crippen molar-refractivity contribution in [2.45, 2.75) is 6.92 Å². The van der Waals surface area contributed by atoms with Crippen LogP contribution < -0.4 is 28.5 Å². The van der Waals surface area contributed by atoms with Gasteiger partial charge in [0.05, 0.1) is 6.61 Å². The molecule has 0 N–H and O–H groups in total. The molecule has 1 aromatic carbocycles. The van der Waals surface area contributed by atoms with Gasteiger partial charge >= 0.3 is 24.6 Å². The van der Waals surface area contributed by atoms with Crippen LogP contribution >= 0.6 is 7.60 Å². The first kappa shape index (κ1) is 15.4. The zero-order valence-corrected chi connectivity index (χ0v) is 9.98. The molecule has 5 nitrogen and oxygen atoms in total. The molecule has 16 heavy (non-hydrogen) atoms. The minimum atomic E-state index is -4.56. The maximum Gasteiger partial charge on any atom is 1.00 e. The molecule has 0 aliphatic carbocycles. The average molecular weight is 236 g/mol. The summed E-state index contributed by atoms with van der Waals surface area (Å²) in [6, 6.07) is 7.92. The molecule has 0 saturated carbocycles. The molecule has 1 aromatic rings. The van der Waals surface area contributed by atoms with Crippen LogP contribution in [0.15, 0.2) is 30.3 Å². The molecular weight excluding hydrogens is 226 g/mol. The monoisotopic (exact) mass is 236 g/mol. The van der Waals surface area contributed by atoms with E-state index in [2.05, 4.69) is 9.26 Å². The van der Waals surface area contributed by atoms with Crippen LogP contribution in [0, 0.1) is 0 Å². The molecule has 0 radical (unpaired) electrons. The van der Waals surface area contributed by atoms with Crippen molar-refractivity contribution in [3.05, 3.63) is 30.3 Å². The Labute approximate surface area is 105 Å². The fourth-order valence-corrected chi connectivity index (χ4v) is 1.53. The topological polar surface area (TPSA) is 75.7 Å². The Hall–Kier alpha value is -0.563. The van der Waals surface area contributed by atoms with Crippen LogP contribution in [0.25, 0.3) is 0 Å². The van der Waals surface area contributed by atoms with Crippen LogP contribution in [0.5, 0.6) is 5.75 Å². The van der Waals surface area contributed by atoms with Crippen LogP contribution in [0.2, 0.25) is 0 Å². The molecule has 1 unspecified atom stereocenters. The van der Waals surface area contributed by atoms with E-state index in [-0.39, 0.29) is 31.2 Å². The Balaban J connectivity index is 0.00000225. The Kier molecular flexibility index (Phi) is 6.66. The second kappa shape index (κ2) is 6.90. The van der Waals surface area contributed by atoms with Crippen LogP contribution in [0.4, 0.5) is 4.79 Å². The summed E-state index contributed by atoms with van der Waals surface area (Å²) >= 11 is 0. The number of rotatable bonds is 4. The van der Waals surface area contributed by atoms with Crippen LogP contribution in [0.3, 0.4) is 0 Å². The van der Waals surface area contributed by atoms with E-state index in [1.807, 2.05) is 0 Å². The first-order chi connectivity index (χ1) is 7.06. The molecule has 0 aliphatic heterocycles. The summed E-state index contributed by atoms with van der Waals surface area (Å²) in [5.41, 5.74) is -1.38. The van der Waals surface area contributed by atoms with Gasteiger partial charge in [0.25, 0.3) is 0 Å². The van der Waals surface area contributed by atoms with Crippen molar-refractivity contribution in [2.75, 3.05) is 6.61 Å². The van der Waals surface area contributed by atoms with Gasteiger partial charge in [0.2, 0.25) is 7.60 Å². The van der Waals surface area contributed by atoms with Gasteiger partial charge in [0.15, 0.2) is 0 Å². The van der Waals surface area contributed by atoms with Gasteiger partial charge in [-0.15, -0.1) is 0 Å². The molecule has 0 bridgehead atoms. The van der Waals surface area contributed by atoms with Crippen LogP contribution in [-0.4, -0.2) is 12.3 Å². The standard InChI is InChI=1S/C9H11O5P.Li/c1-2-13-15(11,12)9(10)14-8-6-4-3-5-7-8;/h3-7H,2H2,1H3,(H,11,12);/q;+1/p-1. The quantitative estimate of drug-likeness (QED) is 0.483. The van der Waals surface area contributed by atoms with Crippen molar-refractivity contribution in [3.63, 3.8) is 0 Å². The summed E-state index contributed by atoms with van der Waals surface area (Å²) in [7, 11) is -4.56. The van der Waals surface area contributed by atoms with Crippen LogP contribution in [-0.2, 0) is 9.09 Å². The Bertz CT molecular complexity index is 381. The number of hydrogen-bond donors (Lipinski definition) is 0. The zero-order valence-electron chi connectivity index (χ0n) is 9.08. The second-order valence-electron chi connectivity index (χ2n) is 2.60. The Morgan fingerprint density at radius 3 is 2.44 bits per heavy atom. The van der Waals surface area contributed by atoms with Crippen LogP contribution in [0.1, 0.15) is 6.92 Å². The zero-order chi connectivity index (χ0) is 11.3. The number of benzene rings is 1. The number of carbonyl (C=O) groups is 1. The van der Waals surface area contributed by atoms with E-state index in [1.54, 1.807) is 18.2 Å². The van der Waals surface area contributed by atoms with Gasteiger partial charge in [0.1, 0.15) is 5.75 Å². The van der Waals surface area contributed by atoms with Crippen molar-refractivity contribution in [1.29, 1.82) is 0 Å². The molecule has 1 rings (SSSR count). The Morgan fingerprint density at radius 2 is 1.94 bits per heavy atom. The first-order valence-electron chi connectivity index (χ1n) is 4.29. The van der Waals surface area contributed by atoms with Gasteiger partial charge in [0, 0.05) is 0 Å². The second-order valence-corrected chi connectivity index (χ2v) is 4.21. The van der Waals surface area contributed by atoms with E-state index in [0.29, 0.717) is 0 Å². The summed E-state index contributed by atoms with van der Waals surface area (Å²) < 4.78 is 19.9. The fourth-order valence-electron chi connectivity index (χ4n) is 0.868. The third-order valence-corrected chi connectivity index (χ3v) is 2.61. The van der Waals surface area contributed by atoms with E-state index in [0.717, 1.165) is 0 Å². The molecule has 0 saturated heterocycles. The van der Waals surface area contributed by atoms with Gasteiger partial charge < -0.3 is 14.2 Å². The fraction of sp³-hybridized carbons (Fsp3) is 0.222. The molecule has 7 heteroatoms. The van der Waals surface area contributed by atoms with Gasteiger partial charge in [-0.2, -0.15) is 0 Å². The van der Waals surface area contributed by atoms with Crippen molar-refractivity contribution in [2.24, 2.45) is 0 Å². The maximum absolute atomic E-state index is 11.1. The van der Waals surface area contributed by atoms with Crippen molar-refractivity contribution < 1.29 is 42.4 Å². The van der Waals surface area contributed by atoms with Gasteiger partial charge in [-0.3, -0.25) is 4.57 Å². The SMILES string of the molecule is CCOP(=O)([O-])C(=O)Oc1ccccc1.[Li+]. The third-order valence-electron chi connectivity index (χ3n) is 1.47. The molecular formula is C9H10LiO5P. The predicted octanol–water partition coefficient (Wildman–Crippen LogP) is -1.22. The largest absolute Gasteiger partial charge is 1.00 e. The molecule has 0 aromatic heterocycles. The molecule has 0 fully saturated rings. The average Bonchev–Trinajstić information content (AvgIpc) is 2.19. The first-order valence-corrected chi connectivity index (χ1v) is 5.83. The van der Waals surface area contributed by atoms with Gasteiger partial charge in [-0.05, 0) is 19.1 Å². The molecule has 0 heterocycles. The van der Waals surface area contributed by atoms with E-state index >= 15 is 0 Å². The smallest absolute Gasteiger partial charge is 0.770 e. The van der Waals surface area contributed by atoms with Crippen molar-refractivity contribution >= 4 is 13.3 Å². The minimum Gasteiger partial charge on any atom is -0.770 e. The summed E-state index contributed by atoms with van der Waals surface area (Å²) in [4.78, 5) is 22.2. The Morgan fingerprint density at radius 1 is 1.38 bits per heavy atom. The number of ether oxygens (including phenoxy) is 1. The number of para-hydroxylation sites is 1. The van der Waals surface area contributed by atoms with Gasteiger partial charge in [-0.1, -0.05) is 18.2 Å². The van der Waals surface area contributed by atoms with E-state index < -0.39 is 13.3 Å². The number of hydrogen-bond acceptors (Lipinski definition) is 5. The molecule has 1 atom stereocenters. The van der Waals surface area contributed by atoms with Crippen molar-refractivity contribution in [3.8, 4) is 5.75 Å². The summed E-state index contributed by atoms with van der Waals surface area (Å²) in [6.45, 7) is 1.38. The molecule has 0 amide bonds. The summed E-state index contributed by atoms with van der Waals surface area (Å²) in [5.74, 6) is 0.165.